The second-order valence-corrected chi connectivity index (χ2v) is 5.49. The quantitative estimate of drug-likeness (QED) is 0.794. The molecular weight excluding hydrogens is 301 g/mol. The molecule has 0 saturated carbocycles. The Hall–Kier alpha value is -2.35. The van der Waals surface area contributed by atoms with Gasteiger partial charge in [0.1, 0.15) is 5.82 Å². The predicted octanol–water partition coefficient (Wildman–Crippen LogP) is 0.594. The van der Waals surface area contributed by atoms with Gasteiger partial charge in [0, 0.05) is 0 Å². The molecule has 1 aliphatic heterocycles. The number of likely N-dealkylation sites (N-methyl/N-ethyl adjacent to an activating group) is 1. The van der Waals surface area contributed by atoms with Gasteiger partial charge in [-0.1, -0.05) is 30.3 Å². The molecule has 122 valence electrons. The first-order valence-electron chi connectivity index (χ1n) is 7.30. The highest BCUT2D eigenvalue weighted by Crippen LogP contribution is 2.22. The van der Waals surface area contributed by atoms with E-state index in [1.807, 2.05) is 30.3 Å². The molecule has 0 spiro atoms. The molecule has 1 unspecified atom stereocenters. The molecule has 1 aliphatic rings. The minimum Gasteiger partial charge on any atom is -0.498 e. The standard InChI is InChI=1S/C15H18BNO6/c1-17-9-13(18)22-16(23-14(19)10-17)12(15(20)21)8-7-11-5-3-2-4-6-11/h2-6,12H,7-10H2,1H3,(H,20,21). The number of carbonyl (C=O) groups excluding carboxylic acids is 2. The van der Waals surface area contributed by atoms with Crippen LogP contribution in [0, 0.1) is 0 Å². The summed E-state index contributed by atoms with van der Waals surface area (Å²) in [6.07, 6.45) is 0.670. The van der Waals surface area contributed by atoms with Crippen molar-refractivity contribution in [3.05, 3.63) is 35.9 Å². The molecule has 23 heavy (non-hydrogen) atoms. The van der Waals surface area contributed by atoms with Gasteiger partial charge in [0.05, 0.1) is 13.1 Å². The van der Waals surface area contributed by atoms with Crippen LogP contribution in [0.25, 0.3) is 0 Å². The van der Waals surface area contributed by atoms with E-state index >= 15 is 0 Å². The minimum atomic E-state index is -1.40. The Morgan fingerprint density at radius 2 is 1.78 bits per heavy atom. The summed E-state index contributed by atoms with van der Waals surface area (Å²) >= 11 is 0. The van der Waals surface area contributed by atoms with Crippen molar-refractivity contribution >= 4 is 25.0 Å². The van der Waals surface area contributed by atoms with Gasteiger partial charge in [-0.3, -0.25) is 19.3 Å². The van der Waals surface area contributed by atoms with Crippen molar-refractivity contribution in [2.45, 2.75) is 18.7 Å². The first kappa shape index (κ1) is 17.0. The lowest BCUT2D eigenvalue weighted by molar-refractivity contribution is -0.146. The number of rotatable bonds is 5. The van der Waals surface area contributed by atoms with Crippen molar-refractivity contribution < 1.29 is 28.8 Å². The van der Waals surface area contributed by atoms with Gasteiger partial charge in [0.2, 0.25) is 0 Å². The smallest absolute Gasteiger partial charge is 0.498 e. The first-order chi connectivity index (χ1) is 11.0. The summed E-state index contributed by atoms with van der Waals surface area (Å²) in [6, 6.07) is 9.34. The highest BCUT2D eigenvalue weighted by atomic mass is 16.6. The van der Waals surface area contributed by atoms with E-state index in [4.69, 9.17) is 9.31 Å². The zero-order chi connectivity index (χ0) is 16.8. The average Bonchev–Trinajstić information content (AvgIpc) is 2.46. The Morgan fingerprint density at radius 1 is 1.22 bits per heavy atom. The first-order valence-corrected chi connectivity index (χ1v) is 7.30. The second-order valence-electron chi connectivity index (χ2n) is 5.49. The highest BCUT2D eigenvalue weighted by Gasteiger charge is 2.43. The maximum absolute atomic E-state index is 11.7. The third-order valence-corrected chi connectivity index (χ3v) is 3.53. The van der Waals surface area contributed by atoms with Gasteiger partial charge in [0.25, 0.3) is 0 Å². The van der Waals surface area contributed by atoms with Crippen LogP contribution in [-0.4, -0.2) is 55.2 Å². The Kier molecular flexibility index (Phi) is 5.75. The normalized spacial score (nSPS) is 17.7. The number of carboxylic acids is 1. The van der Waals surface area contributed by atoms with Crippen molar-refractivity contribution in [1.29, 1.82) is 0 Å². The number of carboxylic acid groups (broad SMARTS) is 1. The van der Waals surface area contributed by atoms with E-state index in [9.17, 15) is 19.5 Å². The molecule has 0 amide bonds. The maximum Gasteiger partial charge on any atom is 0.613 e. The van der Waals surface area contributed by atoms with Crippen LogP contribution in [0.3, 0.4) is 0 Å². The molecule has 7 nitrogen and oxygen atoms in total. The zero-order valence-electron chi connectivity index (χ0n) is 12.8. The van der Waals surface area contributed by atoms with Gasteiger partial charge < -0.3 is 14.4 Å². The van der Waals surface area contributed by atoms with Crippen LogP contribution in [0.15, 0.2) is 30.3 Å². The fourth-order valence-electron chi connectivity index (χ4n) is 2.36. The minimum absolute atomic E-state index is 0.0867. The molecule has 1 fully saturated rings. The van der Waals surface area contributed by atoms with Crippen LogP contribution in [-0.2, 0) is 30.1 Å². The third-order valence-electron chi connectivity index (χ3n) is 3.53. The predicted molar refractivity (Wildman–Crippen MR) is 81.6 cm³/mol. The molecule has 1 saturated heterocycles. The Morgan fingerprint density at radius 3 is 2.30 bits per heavy atom. The summed E-state index contributed by atoms with van der Waals surface area (Å²) in [5, 5.41) is 9.40. The number of hydrogen-bond acceptors (Lipinski definition) is 6. The number of hydrogen-bond donors (Lipinski definition) is 1. The summed E-state index contributed by atoms with van der Waals surface area (Å²) in [5.41, 5.74) is 0.960. The van der Waals surface area contributed by atoms with Crippen LogP contribution in [0.4, 0.5) is 0 Å². The summed E-state index contributed by atoms with van der Waals surface area (Å²) < 4.78 is 10.1. The van der Waals surface area contributed by atoms with Gasteiger partial charge in [-0.15, -0.1) is 0 Å². The molecule has 1 N–H and O–H groups in total. The van der Waals surface area contributed by atoms with Gasteiger partial charge >= 0.3 is 25.0 Å². The molecule has 0 bridgehead atoms. The van der Waals surface area contributed by atoms with Crippen molar-refractivity contribution in [3.8, 4) is 0 Å². The van der Waals surface area contributed by atoms with E-state index in [0.29, 0.717) is 6.42 Å². The van der Waals surface area contributed by atoms with Crippen LogP contribution in [0.2, 0.25) is 5.82 Å². The van der Waals surface area contributed by atoms with Crippen molar-refractivity contribution in [2.24, 2.45) is 0 Å². The van der Waals surface area contributed by atoms with E-state index in [2.05, 4.69) is 0 Å². The number of aryl methyl sites for hydroxylation is 1. The van der Waals surface area contributed by atoms with Gasteiger partial charge in [-0.25, -0.2) is 0 Å². The van der Waals surface area contributed by atoms with Gasteiger partial charge in [-0.2, -0.15) is 0 Å². The molecule has 8 heteroatoms. The summed E-state index contributed by atoms with van der Waals surface area (Å²) in [5.74, 6) is -3.50. The number of nitrogens with zero attached hydrogens (tertiary/aromatic N) is 1. The van der Waals surface area contributed by atoms with Crippen molar-refractivity contribution in [3.63, 3.8) is 0 Å². The van der Waals surface area contributed by atoms with E-state index in [0.717, 1.165) is 5.56 Å². The second kappa shape index (κ2) is 7.78. The molecule has 0 aromatic heterocycles. The molecule has 2 rings (SSSR count). The average molecular weight is 319 g/mol. The van der Waals surface area contributed by atoms with E-state index in [1.54, 1.807) is 7.05 Å². The fourth-order valence-corrected chi connectivity index (χ4v) is 2.36. The van der Waals surface area contributed by atoms with Gasteiger partial charge in [0.15, 0.2) is 0 Å². The SMILES string of the molecule is CN1CC(=O)OB(C(CCc2ccccc2)C(=O)O)OC(=O)C1. The van der Waals surface area contributed by atoms with Crippen molar-refractivity contribution in [2.75, 3.05) is 20.1 Å². The molecule has 0 aliphatic carbocycles. The van der Waals surface area contributed by atoms with E-state index in [1.165, 1.54) is 4.90 Å². The van der Waals surface area contributed by atoms with Crippen molar-refractivity contribution in [1.82, 2.24) is 4.90 Å². The van der Waals surface area contributed by atoms with Gasteiger partial charge in [-0.05, 0) is 25.5 Å². The number of aliphatic carboxylic acids is 1. The Bertz CT molecular complexity index is 559. The lowest BCUT2D eigenvalue weighted by Gasteiger charge is -2.25. The van der Waals surface area contributed by atoms with Crippen LogP contribution in [0.5, 0.6) is 0 Å². The molecule has 1 aromatic carbocycles. The maximum atomic E-state index is 11.7. The summed E-state index contributed by atoms with van der Waals surface area (Å²) in [6.45, 7) is -0.173. The largest absolute Gasteiger partial charge is 0.613 e. The molecule has 0 radical (unpaired) electrons. The highest BCUT2D eigenvalue weighted by molar-refractivity contribution is 6.55. The molecule has 1 heterocycles. The Labute approximate surface area is 134 Å². The topological polar surface area (TPSA) is 93.1 Å². The lowest BCUT2D eigenvalue weighted by atomic mass is 9.68. The monoisotopic (exact) mass is 319 g/mol. The van der Waals surface area contributed by atoms with Crippen LogP contribution < -0.4 is 0 Å². The van der Waals surface area contributed by atoms with E-state index < -0.39 is 30.8 Å². The third kappa shape index (κ3) is 5.10. The Balaban J connectivity index is 2.07. The fraction of sp³-hybridized carbons (Fsp3) is 0.400. The number of carbonyl (C=O) groups is 3. The van der Waals surface area contributed by atoms with E-state index in [-0.39, 0.29) is 19.5 Å². The molecular formula is C15H18BNO6. The van der Waals surface area contributed by atoms with Crippen LogP contribution in [0.1, 0.15) is 12.0 Å². The lowest BCUT2D eigenvalue weighted by Crippen LogP contribution is -2.45. The summed E-state index contributed by atoms with van der Waals surface area (Å²) in [4.78, 5) is 36.4. The number of benzene rings is 1. The molecule has 1 atom stereocenters. The zero-order valence-corrected chi connectivity index (χ0v) is 12.8. The summed E-state index contributed by atoms with van der Waals surface area (Å²) in [7, 11) is 0.178. The van der Waals surface area contributed by atoms with Crippen LogP contribution >= 0.6 is 0 Å². The molecule has 1 aromatic rings.